The molecule has 0 saturated carbocycles. The van der Waals surface area contributed by atoms with E-state index in [1.165, 1.54) is 0 Å². The number of carbonyl (C=O) groups is 2. The summed E-state index contributed by atoms with van der Waals surface area (Å²) < 4.78 is 5.44. The molecule has 1 aliphatic carbocycles. The van der Waals surface area contributed by atoms with Gasteiger partial charge in [-0.2, -0.15) is 0 Å². The van der Waals surface area contributed by atoms with Gasteiger partial charge in [0.25, 0.3) is 0 Å². The lowest BCUT2D eigenvalue weighted by Gasteiger charge is -2.28. The van der Waals surface area contributed by atoms with Crippen LogP contribution in [0.25, 0.3) is 0 Å². The lowest BCUT2D eigenvalue weighted by molar-refractivity contribution is -0.313. The second-order valence-electron chi connectivity index (χ2n) is 4.89. The van der Waals surface area contributed by atoms with E-state index in [-0.39, 0.29) is 5.91 Å². The second kappa shape index (κ2) is 6.92. The fourth-order valence-corrected chi connectivity index (χ4v) is 2.44. The number of benzene rings is 1. The van der Waals surface area contributed by atoms with Crippen LogP contribution in [0.5, 0.6) is 5.75 Å². The molecule has 112 valence electrons. The average Bonchev–Trinajstić information content (AvgIpc) is 2.49. The molecule has 1 N–H and O–H groups in total. The van der Waals surface area contributed by atoms with Gasteiger partial charge in [0.2, 0.25) is 5.91 Å². The van der Waals surface area contributed by atoms with Gasteiger partial charge in [0.05, 0.1) is 18.2 Å². The van der Waals surface area contributed by atoms with E-state index in [1.54, 1.807) is 24.3 Å². The SMILES string of the molecule is CCOc1ccccc1NC(=O)[C@H]1CC=CC[C@@H]1C(=O)[O-]. The largest absolute Gasteiger partial charge is 0.550 e. The van der Waals surface area contributed by atoms with Crippen LogP contribution in [0.1, 0.15) is 19.8 Å². The van der Waals surface area contributed by atoms with Crippen molar-refractivity contribution in [3.8, 4) is 5.75 Å². The first-order valence-electron chi connectivity index (χ1n) is 7.02. The van der Waals surface area contributed by atoms with Gasteiger partial charge in [0.1, 0.15) is 5.75 Å². The summed E-state index contributed by atoms with van der Waals surface area (Å²) in [5, 5.41) is 13.9. The summed E-state index contributed by atoms with van der Waals surface area (Å²) >= 11 is 0. The summed E-state index contributed by atoms with van der Waals surface area (Å²) in [5.74, 6) is -2.33. The Morgan fingerprint density at radius 1 is 1.24 bits per heavy atom. The van der Waals surface area contributed by atoms with Crippen molar-refractivity contribution < 1.29 is 19.4 Å². The molecule has 1 aromatic rings. The van der Waals surface area contributed by atoms with Crippen molar-refractivity contribution in [1.29, 1.82) is 0 Å². The highest BCUT2D eigenvalue weighted by Gasteiger charge is 2.30. The van der Waals surface area contributed by atoms with Crippen LogP contribution in [-0.4, -0.2) is 18.5 Å². The van der Waals surface area contributed by atoms with E-state index >= 15 is 0 Å². The Bertz CT molecular complexity index is 553. The summed E-state index contributed by atoms with van der Waals surface area (Å²) in [4.78, 5) is 23.5. The molecule has 0 saturated heterocycles. The van der Waals surface area contributed by atoms with Gasteiger partial charge in [-0.15, -0.1) is 0 Å². The van der Waals surface area contributed by atoms with Gasteiger partial charge in [0, 0.05) is 11.9 Å². The number of allylic oxidation sites excluding steroid dienone is 2. The molecule has 0 aliphatic heterocycles. The molecule has 0 spiro atoms. The number of para-hydroxylation sites is 2. The van der Waals surface area contributed by atoms with Crippen molar-refractivity contribution in [1.82, 2.24) is 0 Å². The van der Waals surface area contributed by atoms with Crippen LogP contribution in [0.4, 0.5) is 5.69 Å². The van der Waals surface area contributed by atoms with Crippen molar-refractivity contribution in [3.05, 3.63) is 36.4 Å². The second-order valence-corrected chi connectivity index (χ2v) is 4.89. The number of rotatable bonds is 5. The quantitative estimate of drug-likeness (QED) is 0.830. The Kier molecular flexibility index (Phi) is 4.98. The molecule has 0 heterocycles. The van der Waals surface area contributed by atoms with E-state index in [2.05, 4.69) is 5.32 Å². The normalized spacial score (nSPS) is 20.8. The number of nitrogens with one attached hydrogen (secondary N) is 1. The van der Waals surface area contributed by atoms with Crippen molar-refractivity contribution in [2.24, 2.45) is 11.8 Å². The van der Waals surface area contributed by atoms with E-state index in [0.29, 0.717) is 30.9 Å². The number of carboxylic acid groups (broad SMARTS) is 1. The molecule has 0 bridgehead atoms. The van der Waals surface area contributed by atoms with Gasteiger partial charge >= 0.3 is 0 Å². The lowest BCUT2D eigenvalue weighted by Crippen LogP contribution is -2.41. The Morgan fingerprint density at radius 3 is 2.57 bits per heavy atom. The summed E-state index contributed by atoms with van der Waals surface area (Å²) in [7, 11) is 0. The number of carboxylic acids is 1. The van der Waals surface area contributed by atoms with Crippen LogP contribution < -0.4 is 15.2 Å². The summed E-state index contributed by atoms with van der Waals surface area (Å²) in [6.45, 7) is 2.34. The number of hydrogen-bond acceptors (Lipinski definition) is 4. The van der Waals surface area contributed by atoms with Crippen LogP contribution in [0, 0.1) is 11.8 Å². The molecule has 0 unspecified atom stereocenters. The van der Waals surface area contributed by atoms with Crippen molar-refractivity contribution in [2.75, 3.05) is 11.9 Å². The smallest absolute Gasteiger partial charge is 0.228 e. The lowest BCUT2D eigenvalue weighted by atomic mass is 9.82. The van der Waals surface area contributed by atoms with Crippen molar-refractivity contribution >= 4 is 17.6 Å². The predicted molar refractivity (Wildman–Crippen MR) is 76.6 cm³/mol. The summed E-state index contributed by atoms with van der Waals surface area (Å²) in [6, 6.07) is 7.09. The minimum atomic E-state index is -1.18. The van der Waals surface area contributed by atoms with E-state index < -0.39 is 17.8 Å². The number of carbonyl (C=O) groups excluding carboxylic acids is 2. The molecular weight excluding hydrogens is 270 g/mol. The van der Waals surface area contributed by atoms with Crippen LogP contribution in [-0.2, 0) is 9.59 Å². The molecule has 1 aliphatic rings. The number of anilines is 1. The zero-order valence-corrected chi connectivity index (χ0v) is 11.9. The van der Waals surface area contributed by atoms with Gasteiger partial charge in [-0.1, -0.05) is 24.3 Å². The fraction of sp³-hybridized carbons (Fsp3) is 0.375. The molecule has 21 heavy (non-hydrogen) atoms. The minimum absolute atomic E-state index is 0.319. The zero-order chi connectivity index (χ0) is 15.2. The summed E-state index contributed by atoms with van der Waals surface area (Å²) in [6.07, 6.45) is 4.34. The minimum Gasteiger partial charge on any atom is -0.550 e. The average molecular weight is 288 g/mol. The van der Waals surface area contributed by atoms with Gasteiger partial charge in [-0.05, 0) is 31.9 Å². The topological polar surface area (TPSA) is 78.5 Å². The third-order valence-electron chi connectivity index (χ3n) is 3.52. The van der Waals surface area contributed by atoms with Gasteiger partial charge in [0.15, 0.2) is 0 Å². The Morgan fingerprint density at radius 2 is 1.90 bits per heavy atom. The molecule has 0 radical (unpaired) electrons. The molecule has 0 fully saturated rings. The molecule has 5 nitrogen and oxygen atoms in total. The van der Waals surface area contributed by atoms with E-state index in [4.69, 9.17) is 4.74 Å². The first-order valence-corrected chi connectivity index (χ1v) is 7.02. The predicted octanol–water partition coefficient (Wildman–Crippen LogP) is 1.36. The van der Waals surface area contributed by atoms with Gasteiger partial charge < -0.3 is 20.0 Å². The van der Waals surface area contributed by atoms with Crippen LogP contribution >= 0.6 is 0 Å². The summed E-state index contributed by atoms with van der Waals surface area (Å²) in [5.41, 5.74) is 0.552. The first-order chi connectivity index (χ1) is 10.1. The number of aliphatic carboxylic acids is 1. The standard InChI is InChI=1S/C16H19NO4/c1-2-21-14-10-6-5-9-13(14)17-15(18)11-7-3-4-8-12(11)16(19)20/h3-6,9-12H,2,7-8H2,1H3,(H,17,18)(H,19,20)/p-1/t11-,12-/m0/s1. The van der Waals surface area contributed by atoms with Crippen molar-refractivity contribution in [2.45, 2.75) is 19.8 Å². The molecular formula is C16H18NO4-. The Hall–Kier alpha value is -2.30. The van der Waals surface area contributed by atoms with Crippen LogP contribution in [0.3, 0.4) is 0 Å². The van der Waals surface area contributed by atoms with Crippen LogP contribution in [0.15, 0.2) is 36.4 Å². The highest BCUT2D eigenvalue weighted by atomic mass is 16.5. The first kappa shape index (κ1) is 15.1. The highest BCUT2D eigenvalue weighted by Crippen LogP contribution is 2.29. The highest BCUT2D eigenvalue weighted by molar-refractivity contribution is 5.96. The molecule has 2 atom stereocenters. The number of hydrogen-bond donors (Lipinski definition) is 1. The maximum absolute atomic E-state index is 12.3. The molecule has 1 amide bonds. The Balaban J connectivity index is 2.14. The molecule has 1 aromatic carbocycles. The monoisotopic (exact) mass is 288 g/mol. The van der Waals surface area contributed by atoms with E-state index in [0.717, 1.165) is 0 Å². The zero-order valence-electron chi connectivity index (χ0n) is 11.9. The molecule has 0 aromatic heterocycles. The van der Waals surface area contributed by atoms with Crippen LogP contribution in [0.2, 0.25) is 0 Å². The fourth-order valence-electron chi connectivity index (χ4n) is 2.44. The Labute approximate surface area is 123 Å². The van der Waals surface area contributed by atoms with Gasteiger partial charge in [-0.25, -0.2) is 0 Å². The number of amides is 1. The molecule has 2 rings (SSSR count). The third kappa shape index (κ3) is 3.62. The van der Waals surface area contributed by atoms with E-state index in [9.17, 15) is 14.7 Å². The van der Waals surface area contributed by atoms with Gasteiger partial charge in [-0.3, -0.25) is 4.79 Å². The number of ether oxygens (including phenoxy) is 1. The molecule has 5 heteroatoms. The maximum atomic E-state index is 12.3. The van der Waals surface area contributed by atoms with E-state index in [1.807, 2.05) is 19.1 Å². The third-order valence-corrected chi connectivity index (χ3v) is 3.52. The maximum Gasteiger partial charge on any atom is 0.228 e. The van der Waals surface area contributed by atoms with Crippen molar-refractivity contribution in [3.63, 3.8) is 0 Å².